The van der Waals surface area contributed by atoms with Crippen LogP contribution >= 0.6 is 11.3 Å². The monoisotopic (exact) mass is 326 g/mol. The molecular weight excluding hydrogens is 311 g/mol. The summed E-state index contributed by atoms with van der Waals surface area (Å²) >= 11 is 1.59. The van der Waals surface area contributed by atoms with E-state index >= 15 is 0 Å². The quantitative estimate of drug-likeness (QED) is 0.876. The van der Waals surface area contributed by atoms with Crippen LogP contribution in [0.1, 0.15) is 23.0 Å². The number of aromatic nitrogens is 1. The minimum Gasteiger partial charge on any atom is -0.309 e. The summed E-state index contributed by atoms with van der Waals surface area (Å²) in [6.45, 7) is 0.689. The van der Waals surface area contributed by atoms with Gasteiger partial charge in [0.25, 0.3) is 0 Å². The molecule has 2 heterocycles. The highest BCUT2D eigenvalue weighted by Crippen LogP contribution is 2.32. The number of hydrogen-bond donors (Lipinski definition) is 1. The van der Waals surface area contributed by atoms with E-state index in [2.05, 4.69) is 10.3 Å². The lowest BCUT2D eigenvalue weighted by molar-refractivity contribution is 0.490. The molecular formula is C14H15FN2O2S2. The maximum absolute atomic E-state index is 13.4. The van der Waals surface area contributed by atoms with Crippen molar-refractivity contribution in [3.05, 3.63) is 46.2 Å². The van der Waals surface area contributed by atoms with Crippen LogP contribution in [0.25, 0.3) is 0 Å². The second-order valence-corrected chi connectivity index (χ2v) is 8.03. The first-order valence-electron chi connectivity index (χ1n) is 6.70. The highest BCUT2D eigenvalue weighted by molar-refractivity contribution is 7.91. The molecule has 112 valence electrons. The molecule has 1 aliphatic rings. The van der Waals surface area contributed by atoms with Crippen molar-refractivity contribution in [1.82, 2.24) is 10.3 Å². The van der Waals surface area contributed by atoms with Gasteiger partial charge in [-0.3, -0.25) is 0 Å². The largest absolute Gasteiger partial charge is 0.309 e. The fraction of sp³-hybridized carbons (Fsp3) is 0.357. The van der Waals surface area contributed by atoms with Gasteiger partial charge < -0.3 is 5.32 Å². The van der Waals surface area contributed by atoms with Crippen LogP contribution in [-0.4, -0.2) is 25.7 Å². The summed E-state index contributed by atoms with van der Waals surface area (Å²) in [5, 5.41) is 6.27. The third kappa shape index (κ3) is 3.14. The molecule has 2 aromatic rings. The van der Waals surface area contributed by atoms with E-state index in [1.165, 1.54) is 18.2 Å². The molecule has 0 radical (unpaired) electrons. The van der Waals surface area contributed by atoms with E-state index in [9.17, 15) is 12.8 Å². The third-order valence-electron chi connectivity index (χ3n) is 3.57. The molecule has 1 unspecified atom stereocenters. The fourth-order valence-corrected chi connectivity index (χ4v) is 4.78. The number of hydrogen-bond acceptors (Lipinski definition) is 5. The van der Waals surface area contributed by atoms with E-state index < -0.39 is 15.7 Å². The molecule has 21 heavy (non-hydrogen) atoms. The second kappa shape index (κ2) is 5.82. The van der Waals surface area contributed by atoms with Crippen LogP contribution in [0.3, 0.4) is 0 Å². The van der Waals surface area contributed by atoms with Crippen molar-refractivity contribution in [2.75, 3.05) is 12.3 Å². The van der Waals surface area contributed by atoms with Gasteiger partial charge in [-0.05, 0) is 30.2 Å². The van der Waals surface area contributed by atoms with Gasteiger partial charge in [-0.25, -0.2) is 17.8 Å². The first-order chi connectivity index (χ1) is 10.1. The van der Waals surface area contributed by atoms with Crippen molar-refractivity contribution in [3.8, 4) is 0 Å². The minimum absolute atomic E-state index is 0.0978. The Morgan fingerprint density at radius 3 is 3.05 bits per heavy atom. The Hall–Kier alpha value is -1.31. The molecule has 0 fully saturated rings. The Labute approximate surface area is 127 Å². The van der Waals surface area contributed by atoms with Crippen molar-refractivity contribution in [2.45, 2.75) is 23.8 Å². The zero-order valence-electron chi connectivity index (χ0n) is 11.3. The molecule has 1 atom stereocenters. The van der Waals surface area contributed by atoms with Gasteiger partial charge in [0.15, 0.2) is 9.84 Å². The van der Waals surface area contributed by atoms with Crippen molar-refractivity contribution >= 4 is 21.2 Å². The first-order valence-corrected chi connectivity index (χ1v) is 9.23. The van der Waals surface area contributed by atoms with Gasteiger partial charge in [0.1, 0.15) is 5.82 Å². The smallest absolute Gasteiger partial charge is 0.178 e. The summed E-state index contributed by atoms with van der Waals surface area (Å²) in [6.07, 6.45) is 3.01. The summed E-state index contributed by atoms with van der Waals surface area (Å²) in [6, 6.07) is 3.77. The van der Waals surface area contributed by atoms with E-state index in [1.54, 1.807) is 17.5 Å². The van der Waals surface area contributed by atoms with E-state index in [1.807, 2.05) is 5.38 Å². The van der Waals surface area contributed by atoms with Gasteiger partial charge in [-0.15, -0.1) is 11.3 Å². The summed E-state index contributed by atoms with van der Waals surface area (Å²) < 4.78 is 37.5. The number of sulfone groups is 1. The Bertz CT molecular complexity index is 729. The lowest BCUT2D eigenvalue weighted by atomic mass is 10.0. The number of fused-ring (bicyclic) bond motifs is 1. The van der Waals surface area contributed by atoms with Crippen molar-refractivity contribution in [2.24, 2.45) is 0 Å². The minimum atomic E-state index is -3.28. The van der Waals surface area contributed by atoms with Crippen molar-refractivity contribution < 1.29 is 12.8 Å². The highest BCUT2D eigenvalue weighted by atomic mass is 32.2. The molecule has 0 spiro atoms. The van der Waals surface area contributed by atoms with Crippen LogP contribution < -0.4 is 5.32 Å². The second-order valence-electron chi connectivity index (χ2n) is 4.97. The van der Waals surface area contributed by atoms with Gasteiger partial charge in [-0.2, -0.15) is 0 Å². The van der Waals surface area contributed by atoms with Crippen LogP contribution in [0.4, 0.5) is 4.39 Å². The van der Waals surface area contributed by atoms with Crippen LogP contribution in [-0.2, 0) is 16.3 Å². The van der Waals surface area contributed by atoms with Crippen molar-refractivity contribution in [1.29, 1.82) is 0 Å². The predicted octanol–water partition coefficient (Wildman–Crippen LogP) is 2.33. The Kier molecular flexibility index (Phi) is 4.05. The molecule has 1 aliphatic heterocycles. The van der Waals surface area contributed by atoms with Crippen molar-refractivity contribution in [3.63, 3.8) is 0 Å². The molecule has 1 aromatic carbocycles. The summed E-state index contributed by atoms with van der Waals surface area (Å²) in [5.74, 6) is -0.307. The molecule has 1 N–H and O–H groups in total. The van der Waals surface area contributed by atoms with Gasteiger partial charge >= 0.3 is 0 Å². The van der Waals surface area contributed by atoms with Gasteiger partial charge in [0.05, 0.1) is 15.7 Å². The SMILES string of the molecule is O=S1(=O)CCC(NCCc2nccs2)c2cc(F)ccc21. The van der Waals surface area contributed by atoms with Crippen LogP contribution in [0.2, 0.25) is 0 Å². The number of nitrogens with zero attached hydrogens (tertiary/aromatic N) is 1. The van der Waals surface area contributed by atoms with Gasteiger partial charge in [0, 0.05) is 30.6 Å². The summed E-state index contributed by atoms with van der Waals surface area (Å²) in [7, 11) is -3.28. The summed E-state index contributed by atoms with van der Waals surface area (Å²) in [5.41, 5.74) is 0.542. The average molecular weight is 326 g/mol. The topological polar surface area (TPSA) is 59.1 Å². The zero-order chi connectivity index (χ0) is 14.9. The first kappa shape index (κ1) is 14.6. The molecule has 1 aromatic heterocycles. The van der Waals surface area contributed by atoms with Gasteiger partial charge in [-0.1, -0.05) is 0 Å². The van der Waals surface area contributed by atoms with Crippen LogP contribution in [0.5, 0.6) is 0 Å². The lowest BCUT2D eigenvalue weighted by Crippen LogP contribution is -2.31. The van der Waals surface area contributed by atoms with Gasteiger partial charge in [0.2, 0.25) is 0 Å². The molecule has 0 saturated carbocycles. The maximum Gasteiger partial charge on any atom is 0.178 e. The maximum atomic E-state index is 13.4. The number of benzene rings is 1. The molecule has 4 nitrogen and oxygen atoms in total. The normalized spacial score (nSPS) is 20.1. The van der Waals surface area contributed by atoms with E-state index in [4.69, 9.17) is 0 Å². The number of rotatable bonds is 4. The molecule has 0 bridgehead atoms. The zero-order valence-corrected chi connectivity index (χ0v) is 12.9. The summed E-state index contributed by atoms with van der Waals surface area (Å²) in [4.78, 5) is 4.45. The Morgan fingerprint density at radius 1 is 1.43 bits per heavy atom. The average Bonchev–Trinajstić information content (AvgIpc) is 2.94. The van der Waals surface area contributed by atoms with E-state index in [-0.39, 0.29) is 16.7 Å². The van der Waals surface area contributed by atoms with Crippen LogP contribution in [0, 0.1) is 5.82 Å². The predicted molar refractivity (Wildman–Crippen MR) is 79.6 cm³/mol. The number of halogens is 1. The lowest BCUT2D eigenvalue weighted by Gasteiger charge is -2.26. The molecule has 0 amide bonds. The fourth-order valence-electron chi connectivity index (χ4n) is 2.56. The standard InChI is InChI=1S/C14H15FN2O2S2/c15-10-1-2-13-11(9-10)12(4-8-21(13,18)19)16-5-3-14-17-6-7-20-14/h1-2,6-7,9,12,16H,3-5,8H2. The number of thiazole rings is 1. The molecule has 0 saturated heterocycles. The van der Waals surface area contributed by atoms with E-state index in [0.717, 1.165) is 11.4 Å². The number of nitrogens with one attached hydrogen (secondary N) is 1. The van der Waals surface area contributed by atoms with E-state index in [0.29, 0.717) is 18.5 Å². The molecule has 0 aliphatic carbocycles. The highest BCUT2D eigenvalue weighted by Gasteiger charge is 2.30. The Morgan fingerprint density at radius 2 is 2.29 bits per heavy atom. The molecule has 3 rings (SSSR count). The van der Waals surface area contributed by atoms with Crippen LogP contribution in [0.15, 0.2) is 34.7 Å². The third-order valence-corrected chi connectivity index (χ3v) is 6.23. The molecule has 7 heteroatoms. The Balaban J connectivity index is 1.76.